The SMILES string of the molecule is O=C(NCCc1ccccc1)[C@H]1CN(C(=O)c2ccc(C(=O)N3C[C@H](C(=O)NCCc4ccccc4)[C@@H](C(=O)NCCc4ccc(F)cc4)C3)cc2)C[C@@H]1C(=O)NCCc1ccc(F)cc1. The Balaban J connectivity index is 0.990. The zero-order valence-corrected chi connectivity index (χ0v) is 36.6. The van der Waals surface area contributed by atoms with Gasteiger partial charge in [-0.1, -0.05) is 84.9 Å². The van der Waals surface area contributed by atoms with Gasteiger partial charge in [0.15, 0.2) is 0 Å². The third-order valence-corrected chi connectivity index (χ3v) is 12.3. The van der Waals surface area contributed by atoms with Gasteiger partial charge in [0.1, 0.15) is 11.6 Å². The van der Waals surface area contributed by atoms with Crippen LogP contribution in [-0.2, 0) is 44.9 Å². The van der Waals surface area contributed by atoms with Crippen LogP contribution in [-0.4, -0.2) is 97.6 Å². The quantitative estimate of drug-likeness (QED) is 0.0993. The van der Waals surface area contributed by atoms with Crippen LogP contribution in [0.25, 0.3) is 0 Å². The van der Waals surface area contributed by atoms with Crippen LogP contribution in [0.2, 0.25) is 0 Å². The Bertz CT molecular complexity index is 2280. The summed E-state index contributed by atoms with van der Waals surface area (Å²) in [5.41, 5.74) is 4.26. The third kappa shape index (κ3) is 12.5. The molecule has 4 N–H and O–H groups in total. The van der Waals surface area contributed by atoms with Gasteiger partial charge in [-0.15, -0.1) is 0 Å². The van der Waals surface area contributed by atoms with E-state index in [2.05, 4.69) is 21.3 Å². The van der Waals surface area contributed by atoms with Crippen molar-refractivity contribution in [2.75, 3.05) is 52.4 Å². The van der Waals surface area contributed by atoms with Gasteiger partial charge in [-0.3, -0.25) is 28.8 Å². The zero-order valence-electron chi connectivity index (χ0n) is 36.6. The molecule has 5 aromatic carbocycles. The predicted molar refractivity (Wildman–Crippen MR) is 245 cm³/mol. The minimum atomic E-state index is -0.827. The molecule has 2 heterocycles. The summed E-state index contributed by atoms with van der Waals surface area (Å²) in [5.74, 6) is -6.25. The van der Waals surface area contributed by atoms with Crippen molar-refractivity contribution in [3.05, 3.63) is 178 Å². The van der Waals surface area contributed by atoms with Crippen LogP contribution in [0, 0.1) is 35.3 Å². The highest BCUT2D eigenvalue weighted by atomic mass is 19.1. The topological polar surface area (TPSA) is 157 Å². The highest BCUT2D eigenvalue weighted by Gasteiger charge is 2.45. The number of benzene rings is 5. The molecular formula is C52H54F2N6O6. The molecule has 2 aliphatic heterocycles. The average molecular weight is 897 g/mol. The summed E-state index contributed by atoms with van der Waals surface area (Å²) >= 11 is 0. The molecule has 0 aromatic heterocycles. The smallest absolute Gasteiger partial charge is 0.253 e. The molecule has 14 heteroatoms. The minimum Gasteiger partial charge on any atom is -0.355 e. The molecule has 2 fully saturated rings. The van der Waals surface area contributed by atoms with E-state index in [0.29, 0.717) is 38.8 Å². The fraction of sp³-hybridized carbons (Fsp3) is 0.308. The number of hydrogen-bond acceptors (Lipinski definition) is 6. The summed E-state index contributed by atoms with van der Waals surface area (Å²) in [6.45, 7) is 1.20. The first-order valence-corrected chi connectivity index (χ1v) is 22.4. The molecule has 0 unspecified atom stereocenters. The molecule has 0 radical (unpaired) electrons. The number of halogens is 2. The summed E-state index contributed by atoms with van der Waals surface area (Å²) in [4.78, 5) is 85.4. The first-order valence-electron chi connectivity index (χ1n) is 22.4. The van der Waals surface area contributed by atoms with E-state index in [4.69, 9.17) is 0 Å². The van der Waals surface area contributed by atoms with Crippen LogP contribution in [0.1, 0.15) is 43.0 Å². The lowest BCUT2D eigenvalue weighted by molar-refractivity contribution is -0.132. The number of nitrogens with zero attached hydrogens (tertiary/aromatic N) is 2. The molecule has 0 bridgehead atoms. The minimum absolute atomic E-state index is 0.00264. The highest BCUT2D eigenvalue weighted by Crippen LogP contribution is 2.28. The molecule has 4 atom stereocenters. The van der Waals surface area contributed by atoms with Gasteiger partial charge in [-0.25, -0.2) is 8.78 Å². The van der Waals surface area contributed by atoms with E-state index in [1.54, 1.807) is 24.3 Å². The van der Waals surface area contributed by atoms with Gasteiger partial charge >= 0.3 is 0 Å². The number of hydrogen-bond donors (Lipinski definition) is 4. The van der Waals surface area contributed by atoms with Crippen LogP contribution in [0.4, 0.5) is 8.78 Å². The maximum Gasteiger partial charge on any atom is 0.253 e. The van der Waals surface area contributed by atoms with Crippen molar-refractivity contribution in [2.45, 2.75) is 25.7 Å². The van der Waals surface area contributed by atoms with Crippen molar-refractivity contribution in [3.63, 3.8) is 0 Å². The Morgan fingerprint density at radius 2 is 0.636 bits per heavy atom. The van der Waals surface area contributed by atoms with Crippen molar-refractivity contribution in [3.8, 4) is 0 Å². The first kappa shape index (κ1) is 46.8. The monoisotopic (exact) mass is 896 g/mol. The van der Waals surface area contributed by atoms with Gasteiger partial charge in [0, 0.05) is 63.5 Å². The molecule has 0 saturated carbocycles. The van der Waals surface area contributed by atoms with Gasteiger partial charge < -0.3 is 31.1 Å². The Hall–Kier alpha value is -7.22. The normalized spacial score (nSPS) is 17.8. The molecule has 342 valence electrons. The maximum atomic E-state index is 14.0. The van der Waals surface area contributed by atoms with Crippen LogP contribution in [0.5, 0.6) is 0 Å². The van der Waals surface area contributed by atoms with Gasteiger partial charge in [-0.05, 0) is 96.5 Å². The number of likely N-dealkylation sites (tertiary alicyclic amines) is 2. The van der Waals surface area contributed by atoms with Crippen molar-refractivity contribution < 1.29 is 37.5 Å². The molecule has 0 aliphatic carbocycles. The lowest BCUT2D eigenvalue weighted by Crippen LogP contribution is -2.42. The molecule has 2 aliphatic rings. The van der Waals surface area contributed by atoms with Crippen LogP contribution in [0.3, 0.4) is 0 Å². The van der Waals surface area contributed by atoms with Crippen molar-refractivity contribution in [2.24, 2.45) is 23.7 Å². The second-order valence-corrected chi connectivity index (χ2v) is 16.8. The summed E-state index contributed by atoms with van der Waals surface area (Å²) in [6, 6.07) is 37.4. The second kappa shape index (κ2) is 22.6. The molecule has 12 nitrogen and oxygen atoms in total. The molecule has 7 rings (SSSR count). The lowest BCUT2D eigenvalue weighted by Gasteiger charge is -2.18. The van der Waals surface area contributed by atoms with E-state index in [-0.39, 0.29) is 85.7 Å². The van der Waals surface area contributed by atoms with Crippen molar-refractivity contribution in [1.29, 1.82) is 0 Å². The molecule has 66 heavy (non-hydrogen) atoms. The van der Waals surface area contributed by atoms with E-state index in [1.807, 2.05) is 60.7 Å². The largest absolute Gasteiger partial charge is 0.355 e. The lowest BCUT2D eigenvalue weighted by atomic mass is 9.94. The number of carbonyl (C=O) groups excluding carboxylic acids is 6. The summed E-state index contributed by atoms with van der Waals surface area (Å²) in [6.07, 6.45) is 2.09. The number of rotatable bonds is 18. The van der Waals surface area contributed by atoms with Crippen LogP contribution >= 0.6 is 0 Å². The number of carbonyl (C=O) groups is 6. The van der Waals surface area contributed by atoms with E-state index in [1.165, 1.54) is 58.3 Å². The predicted octanol–water partition coefficient (Wildman–Crippen LogP) is 4.78. The molecule has 2 saturated heterocycles. The van der Waals surface area contributed by atoms with Gasteiger partial charge in [0.25, 0.3) is 11.8 Å². The van der Waals surface area contributed by atoms with E-state index in [9.17, 15) is 37.5 Å². The maximum absolute atomic E-state index is 14.0. The van der Waals surface area contributed by atoms with Gasteiger partial charge in [-0.2, -0.15) is 0 Å². The average Bonchev–Trinajstić information content (AvgIpc) is 4.00. The second-order valence-electron chi connectivity index (χ2n) is 16.8. The Kier molecular flexibility index (Phi) is 16.0. The molecule has 5 aromatic rings. The molecular weight excluding hydrogens is 843 g/mol. The van der Waals surface area contributed by atoms with Gasteiger partial charge in [0.2, 0.25) is 23.6 Å². The standard InChI is InChI=1S/C52H54F2N6O6/c53-41-19-11-37(12-20-41)25-29-57-49(63)45-33-59(31-43(45)47(61)55-27-23-35-7-3-1-4-8-35)51(65)39-15-17-40(18-16-39)52(66)60-32-44(48(62)56-28-24-36-9-5-2-6-10-36)46(34-60)50(64)58-30-26-38-13-21-42(54)22-14-38/h1-22,43-46H,23-34H2,(H,55,61)(H,56,62)(H,57,63)(H,58,64)/t43-,44-,45-,46-/m0/s1. The fourth-order valence-corrected chi connectivity index (χ4v) is 8.56. The van der Waals surface area contributed by atoms with Crippen LogP contribution < -0.4 is 21.3 Å². The van der Waals surface area contributed by atoms with Crippen molar-refractivity contribution in [1.82, 2.24) is 31.1 Å². The molecule has 6 amide bonds. The fourth-order valence-electron chi connectivity index (χ4n) is 8.56. The van der Waals surface area contributed by atoms with E-state index in [0.717, 1.165) is 22.3 Å². The van der Waals surface area contributed by atoms with Crippen LogP contribution in [0.15, 0.2) is 133 Å². The summed E-state index contributed by atoms with van der Waals surface area (Å²) in [7, 11) is 0. The third-order valence-electron chi connectivity index (χ3n) is 12.3. The van der Waals surface area contributed by atoms with E-state index < -0.39 is 35.5 Å². The van der Waals surface area contributed by atoms with Crippen molar-refractivity contribution >= 4 is 35.4 Å². The van der Waals surface area contributed by atoms with E-state index >= 15 is 0 Å². The summed E-state index contributed by atoms with van der Waals surface area (Å²) < 4.78 is 26.8. The number of nitrogens with one attached hydrogen (secondary N) is 4. The van der Waals surface area contributed by atoms with Gasteiger partial charge in [0.05, 0.1) is 23.7 Å². The Morgan fingerprint density at radius 1 is 0.379 bits per heavy atom. The Labute approximate surface area is 383 Å². The first-order chi connectivity index (χ1) is 32.0. The Morgan fingerprint density at radius 3 is 0.909 bits per heavy atom. The number of amides is 6. The zero-order chi connectivity index (χ0) is 46.4. The molecule has 0 spiro atoms. The highest BCUT2D eigenvalue weighted by molar-refractivity contribution is 6.00. The summed E-state index contributed by atoms with van der Waals surface area (Å²) in [5, 5.41) is 11.7.